The van der Waals surface area contributed by atoms with Gasteiger partial charge in [0.25, 0.3) is 0 Å². The Labute approximate surface area is 200 Å². The summed E-state index contributed by atoms with van der Waals surface area (Å²) < 4.78 is 40.0. The fourth-order valence-electron chi connectivity index (χ4n) is 4.16. The lowest BCUT2D eigenvalue weighted by Gasteiger charge is -2.22. The minimum atomic E-state index is -1.00. The topological polar surface area (TPSA) is 77.8 Å². The molecule has 0 atom stereocenters. The Kier molecular flexibility index (Phi) is 6.41. The van der Waals surface area contributed by atoms with Crippen molar-refractivity contribution in [3.8, 4) is 22.9 Å². The van der Waals surface area contributed by atoms with Gasteiger partial charge in [-0.2, -0.15) is 0 Å². The molecule has 1 aliphatic rings. The summed E-state index contributed by atoms with van der Waals surface area (Å²) in [6, 6.07) is 10.5. The summed E-state index contributed by atoms with van der Waals surface area (Å²) >= 11 is 0. The van der Waals surface area contributed by atoms with Crippen LogP contribution in [0.2, 0.25) is 0 Å². The van der Waals surface area contributed by atoms with Gasteiger partial charge in [0, 0.05) is 43.0 Å². The predicted octanol–water partition coefficient (Wildman–Crippen LogP) is 5.43. The van der Waals surface area contributed by atoms with Crippen LogP contribution in [0.1, 0.15) is 28.8 Å². The van der Waals surface area contributed by atoms with Gasteiger partial charge < -0.3 is 14.8 Å². The van der Waals surface area contributed by atoms with Gasteiger partial charge >= 0.3 is 0 Å². The lowest BCUT2D eigenvalue weighted by atomic mass is 10.0. The third kappa shape index (κ3) is 4.85. The molecule has 3 heterocycles. The van der Waals surface area contributed by atoms with Gasteiger partial charge in [0.2, 0.25) is 5.88 Å². The lowest BCUT2D eigenvalue weighted by Crippen LogP contribution is -2.23. The molecule has 5 rings (SSSR count). The van der Waals surface area contributed by atoms with Crippen LogP contribution >= 0.6 is 0 Å². The maximum atomic E-state index is 13.7. The zero-order valence-electron chi connectivity index (χ0n) is 19.1. The molecule has 1 aliphatic heterocycles. The van der Waals surface area contributed by atoms with Crippen LogP contribution in [0.4, 0.5) is 14.5 Å². The van der Waals surface area contributed by atoms with Crippen LogP contribution in [-0.4, -0.2) is 40.6 Å². The third-order valence-electron chi connectivity index (χ3n) is 6.17. The van der Waals surface area contributed by atoms with Gasteiger partial charge in [-0.05, 0) is 49.4 Å². The van der Waals surface area contributed by atoms with Crippen LogP contribution < -0.4 is 10.1 Å². The van der Waals surface area contributed by atoms with Gasteiger partial charge in [-0.15, -0.1) is 5.10 Å². The number of hydrogen-bond donors (Lipinski definition) is 1. The average molecular weight is 478 g/mol. The molecule has 35 heavy (non-hydrogen) atoms. The number of nitrogens with zero attached hydrogens (tertiary/aromatic N) is 3. The summed E-state index contributed by atoms with van der Waals surface area (Å²) in [5, 5.41) is 8.03. The molecule has 2 aromatic carbocycles. The summed E-state index contributed by atoms with van der Waals surface area (Å²) in [5.41, 5.74) is 4.27. The molecule has 9 heteroatoms. The summed E-state index contributed by atoms with van der Waals surface area (Å²) in [4.78, 5) is 15.8. The van der Waals surface area contributed by atoms with Crippen molar-refractivity contribution in [1.29, 1.82) is 0 Å². The van der Waals surface area contributed by atoms with E-state index in [1.165, 1.54) is 6.07 Å². The van der Waals surface area contributed by atoms with Crippen LogP contribution in [0.15, 0.2) is 48.7 Å². The van der Waals surface area contributed by atoms with Gasteiger partial charge in [0.15, 0.2) is 17.3 Å². The molecular weight excluding hydrogens is 454 g/mol. The summed E-state index contributed by atoms with van der Waals surface area (Å²) in [5.74, 6) is -1.18. The molecule has 0 aliphatic carbocycles. The van der Waals surface area contributed by atoms with E-state index in [4.69, 9.17) is 9.47 Å². The van der Waals surface area contributed by atoms with Crippen LogP contribution in [0.3, 0.4) is 0 Å². The van der Waals surface area contributed by atoms with Crippen LogP contribution in [-0.2, 0) is 4.74 Å². The first kappa shape index (κ1) is 22.9. The number of imidazole rings is 1. The standard InChI is InChI=1S/C26H24F2N4O3/c1-16-10-18(2-3-19(16)15-33)24-14-30-26-23(29-13-17-6-8-34-9-7-17)12-25(31-32(24)26)35-20-4-5-21(27)22(28)11-20/h2-5,10-12,14-15,17,29H,6-9,13H2,1H3. The van der Waals surface area contributed by atoms with E-state index in [1.807, 2.05) is 19.1 Å². The monoisotopic (exact) mass is 478 g/mol. The second-order valence-corrected chi connectivity index (χ2v) is 8.58. The average Bonchev–Trinajstić information content (AvgIpc) is 3.29. The maximum Gasteiger partial charge on any atom is 0.239 e. The predicted molar refractivity (Wildman–Crippen MR) is 127 cm³/mol. The third-order valence-corrected chi connectivity index (χ3v) is 6.17. The number of aldehydes is 1. The second-order valence-electron chi connectivity index (χ2n) is 8.58. The molecular formula is C26H24F2N4O3. The van der Waals surface area contributed by atoms with E-state index in [-0.39, 0.29) is 11.6 Å². The normalized spacial score (nSPS) is 14.3. The van der Waals surface area contributed by atoms with Crippen LogP contribution in [0.25, 0.3) is 16.9 Å². The highest BCUT2D eigenvalue weighted by Crippen LogP contribution is 2.30. The SMILES string of the molecule is Cc1cc(-c2cnc3c(NCC4CCOCC4)cc(Oc4ccc(F)c(F)c4)nn23)ccc1C=O. The largest absolute Gasteiger partial charge is 0.437 e. The Morgan fingerprint density at radius 3 is 2.71 bits per heavy atom. The Bertz CT molecular complexity index is 1380. The second kappa shape index (κ2) is 9.79. The quantitative estimate of drug-likeness (QED) is 0.357. The number of ether oxygens (including phenoxy) is 2. The maximum absolute atomic E-state index is 13.7. The molecule has 0 amide bonds. The fraction of sp³-hybridized carbons (Fsp3) is 0.269. The van der Waals surface area contributed by atoms with E-state index >= 15 is 0 Å². The number of rotatable bonds is 7. The fourth-order valence-corrected chi connectivity index (χ4v) is 4.16. The van der Waals surface area contributed by atoms with Gasteiger partial charge in [0.05, 0.1) is 17.6 Å². The van der Waals surface area contributed by atoms with E-state index in [0.717, 1.165) is 62.1 Å². The molecule has 180 valence electrons. The molecule has 0 saturated carbocycles. The van der Waals surface area contributed by atoms with Crippen molar-refractivity contribution in [3.05, 3.63) is 71.4 Å². The van der Waals surface area contributed by atoms with E-state index in [2.05, 4.69) is 15.4 Å². The number of nitrogens with one attached hydrogen (secondary N) is 1. The van der Waals surface area contributed by atoms with E-state index in [0.29, 0.717) is 28.5 Å². The molecule has 7 nitrogen and oxygen atoms in total. The number of hydrogen-bond acceptors (Lipinski definition) is 6. The molecule has 2 aromatic heterocycles. The Morgan fingerprint density at radius 2 is 1.97 bits per heavy atom. The number of aromatic nitrogens is 3. The minimum absolute atomic E-state index is 0.124. The lowest BCUT2D eigenvalue weighted by molar-refractivity contribution is 0.0699. The number of aryl methyl sites for hydroxylation is 1. The number of halogens is 2. The summed E-state index contributed by atoms with van der Waals surface area (Å²) in [7, 11) is 0. The summed E-state index contributed by atoms with van der Waals surface area (Å²) in [6.07, 6.45) is 4.46. The highest BCUT2D eigenvalue weighted by Gasteiger charge is 2.18. The Morgan fingerprint density at radius 1 is 1.14 bits per heavy atom. The number of carbonyl (C=O) groups excluding carboxylic acids is 1. The van der Waals surface area contributed by atoms with Gasteiger partial charge in [-0.1, -0.05) is 12.1 Å². The zero-order valence-corrected chi connectivity index (χ0v) is 19.1. The van der Waals surface area contributed by atoms with Crippen molar-refractivity contribution in [2.24, 2.45) is 5.92 Å². The molecule has 1 saturated heterocycles. The molecule has 1 N–H and O–H groups in total. The first-order valence-electron chi connectivity index (χ1n) is 11.4. The van der Waals surface area contributed by atoms with Crippen molar-refractivity contribution in [2.45, 2.75) is 19.8 Å². The van der Waals surface area contributed by atoms with Crippen LogP contribution in [0, 0.1) is 24.5 Å². The van der Waals surface area contributed by atoms with Crippen molar-refractivity contribution < 1.29 is 23.0 Å². The van der Waals surface area contributed by atoms with Crippen molar-refractivity contribution in [1.82, 2.24) is 14.6 Å². The van der Waals surface area contributed by atoms with Crippen molar-refractivity contribution in [2.75, 3.05) is 25.1 Å². The van der Waals surface area contributed by atoms with E-state index < -0.39 is 11.6 Å². The number of fused-ring (bicyclic) bond motifs is 1. The minimum Gasteiger partial charge on any atom is -0.437 e. The van der Waals surface area contributed by atoms with E-state index in [1.54, 1.807) is 22.8 Å². The Hall–Kier alpha value is -3.85. The highest BCUT2D eigenvalue weighted by atomic mass is 19.2. The molecule has 1 fully saturated rings. The number of benzene rings is 2. The highest BCUT2D eigenvalue weighted by molar-refractivity contribution is 5.80. The first-order valence-corrected chi connectivity index (χ1v) is 11.4. The molecule has 4 aromatic rings. The number of carbonyl (C=O) groups is 1. The molecule has 0 spiro atoms. The van der Waals surface area contributed by atoms with Gasteiger partial charge in [-0.3, -0.25) is 4.79 Å². The van der Waals surface area contributed by atoms with Gasteiger partial charge in [0.1, 0.15) is 12.0 Å². The zero-order chi connectivity index (χ0) is 24.4. The Balaban J connectivity index is 1.54. The summed E-state index contributed by atoms with van der Waals surface area (Å²) in [6.45, 7) is 4.07. The molecule has 0 bridgehead atoms. The molecule has 0 unspecified atom stereocenters. The van der Waals surface area contributed by atoms with Crippen molar-refractivity contribution in [3.63, 3.8) is 0 Å². The molecule has 0 radical (unpaired) electrons. The van der Waals surface area contributed by atoms with Crippen molar-refractivity contribution >= 4 is 17.6 Å². The number of anilines is 1. The van der Waals surface area contributed by atoms with E-state index in [9.17, 15) is 13.6 Å². The van der Waals surface area contributed by atoms with Gasteiger partial charge in [-0.25, -0.2) is 18.3 Å². The van der Waals surface area contributed by atoms with Crippen LogP contribution in [0.5, 0.6) is 11.6 Å². The smallest absolute Gasteiger partial charge is 0.239 e. The first-order chi connectivity index (χ1) is 17.0.